The molecule has 1 aromatic rings. The van der Waals surface area contributed by atoms with Crippen molar-refractivity contribution in [2.45, 2.75) is 45.1 Å². The summed E-state index contributed by atoms with van der Waals surface area (Å²) >= 11 is 1.84. The van der Waals surface area contributed by atoms with Crippen molar-refractivity contribution in [3.05, 3.63) is 24.3 Å². The van der Waals surface area contributed by atoms with E-state index in [0.29, 0.717) is 6.42 Å². The van der Waals surface area contributed by atoms with Crippen molar-refractivity contribution in [2.24, 2.45) is 5.41 Å². The van der Waals surface area contributed by atoms with Gasteiger partial charge in [0.1, 0.15) is 0 Å². The Morgan fingerprint density at radius 2 is 2.06 bits per heavy atom. The first-order chi connectivity index (χ1) is 8.38. The Labute approximate surface area is 114 Å². The number of carbonyl (C=O) groups excluding carboxylic acids is 1. The van der Waals surface area contributed by atoms with Gasteiger partial charge in [-0.15, -0.1) is 11.8 Å². The standard InChI is InChI=1S/C15H21NOS/c1-11-10-18-13-8-6-5-7-12(13)16(11)14(17)9-15(2,3)4/h5-8,11H,9-10H2,1-4H3. The largest absolute Gasteiger partial charge is 0.308 e. The molecule has 1 unspecified atom stereocenters. The number of amides is 1. The third-order valence-electron chi connectivity index (χ3n) is 3.00. The molecule has 0 radical (unpaired) electrons. The van der Waals surface area contributed by atoms with Gasteiger partial charge >= 0.3 is 0 Å². The molecule has 0 N–H and O–H groups in total. The Hall–Kier alpha value is -0.960. The molecule has 0 fully saturated rings. The Bertz CT molecular complexity index is 450. The van der Waals surface area contributed by atoms with Crippen molar-refractivity contribution in [3.8, 4) is 0 Å². The fourth-order valence-electron chi connectivity index (χ4n) is 2.22. The smallest absolute Gasteiger partial charge is 0.227 e. The zero-order valence-corrected chi connectivity index (χ0v) is 12.4. The van der Waals surface area contributed by atoms with Gasteiger partial charge in [-0.1, -0.05) is 32.9 Å². The van der Waals surface area contributed by atoms with E-state index in [1.165, 1.54) is 4.90 Å². The molecule has 18 heavy (non-hydrogen) atoms. The van der Waals surface area contributed by atoms with Gasteiger partial charge in [0.25, 0.3) is 0 Å². The molecule has 1 aliphatic heterocycles. The quantitative estimate of drug-likeness (QED) is 0.764. The van der Waals surface area contributed by atoms with Gasteiger partial charge in [-0.25, -0.2) is 0 Å². The molecule has 1 atom stereocenters. The number of hydrogen-bond acceptors (Lipinski definition) is 2. The average Bonchev–Trinajstić information content (AvgIpc) is 2.26. The van der Waals surface area contributed by atoms with Crippen molar-refractivity contribution >= 4 is 23.4 Å². The minimum atomic E-state index is 0.0380. The van der Waals surface area contributed by atoms with E-state index in [1.54, 1.807) is 0 Å². The molecular formula is C15H21NOS. The maximum atomic E-state index is 12.5. The molecule has 0 aliphatic carbocycles. The fourth-order valence-corrected chi connectivity index (χ4v) is 3.28. The van der Waals surface area contributed by atoms with Crippen molar-refractivity contribution < 1.29 is 4.79 Å². The number of fused-ring (bicyclic) bond motifs is 1. The van der Waals surface area contributed by atoms with Gasteiger partial charge in [0.15, 0.2) is 0 Å². The Morgan fingerprint density at radius 1 is 1.39 bits per heavy atom. The topological polar surface area (TPSA) is 20.3 Å². The summed E-state index contributed by atoms with van der Waals surface area (Å²) in [6.07, 6.45) is 0.594. The molecule has 1 aromatic carbocycles. The van der Waals surface area contributed by atoms with Crippen molar-refractivity contribution in [1.82, 2.24) is 0 Å². The summed E-state index contributed by atoms with van der Waals surface area (Å²) in [5, 5.41) is 0. The second-order valence-corrected chi connectivity index (χ2v) is 7.19. The Balaban J connectivity index is 2.29. The second kappa shape index (κ2) is 4.96. The van der Waals surface area contributed by atoms with Crippen LogP contribution in [0.1, 0.15) is 34.1 Å². The first-order valence-corrected chi connectivity index (χ1v) is 7.41. The van der Waals surface area contributed by atoms with Gasteiger partial charge in [0, 0.05) is 23.1 Å². The molecule has 0 saturated carbocycles. The summed E-state index contributed by atoms with van der Waals surface area (Å²) in [7, 11) is 0. The molecule has 1 amide bonds. The number of para-hydroxylation sites is 1. The SMILES string of the molecule is CC1CSc2ccccc2N1C(=O)CC(C)(C)C. The van der Waals surface area contributed by atoms with Gasteiger partial charge in [-0.3, -0.25) is 4.79 Å². The number of thioether (sulfide) groups is 1. The summed E-state index contributed by atoms with van der Waals surface area (Å²) in [5.41, 5.74) is 1.12. The lowest BCUT2D eigenvalue weighted by Crippen LogP contribution is -2.43. The molecule has 3 heteroatoms. The highest BCUT2D eigenvalue weighted by atomic mass is 32.2. The molecule has 1 heterocycles. The van der Waals surface area contributed by atoms with Gasteiger partial charge in [0.2, 0.25) is 5.91 Å². The van der Waals surface area contributed by atoms with Gasteiger partial charge < -0.3 is 4.90 Å². The number of carbonyl (C=O) groups is 1. The van der Waals surface area contributed by atoms with Crippen molar-refractivity contribution in [1.29, 1.82) is 0 Å². The van der Waals surface area contributed by atoms with Crippen LogP contribution in [0.15, 0.2) is 29.2 Å². The monoisotopic (exact) mass is 263 g/mol. The van der Waals surface area contributed by atoms with Crippen LogP contribution in [0.25, 0.3) is 0 Å². The first kappa shape index (κ1) is 13.5. The molecule has 1 aliphatic rings. The summed E-state index contributed by atoms with van der Waals surface area (Å²) in [6.45, 7) is 8.46. The molecule has 98 valence electrons. The van der Waals surface area contributed by atoms with Gasteiger partial charge in [-0.2, -0.15) is 0 Å². The minimum absolute atomic E-state index is 0.0380. The zero-order chi connectivity index (χ0) is 13.3. The fraction of sp³-hybridized carbons (Fsp3) is 0.533. The Kier molecular flexibility index (Phi) is 3.71. The van der Waals surface area contributed by atoms with E-state index >= 15 is 0 Å². The maximum Gasteiger partial charge on any atom is 0.227 e. The van der Waals surface area contributed by atoms with E-state index in [1.807, 2.05) is 28.8 Å². The van der Waals surface area contributed by atoms with Crippen LogP contribution in [0, 0.1) is 5.41 Å². The highest BCUT2D eigenvalue weighted by Crippen LogP contribution is 2.38. The summed E-state index contributed by atoms with van der Waals surface area (Å²) in [5.74, 6) is 1.22. The average molecular weight is 263 g/mol. The van der Waals surface area contributed by atoms with E-state index in [2.05, 4.69) is 39.8 Å². The van der Waals surface area contributed by atoms with Crippen molar-refractivity contribution in [2.75, 3.05) is 10.7 Å². The number of nitrogens with zero attached hydrogens (tertiary/aromatic N) is 1. The highest BCUT2D eigenvalue weighted by molar-refractivity contribution is 7.99. The second-order valence-electron chi connectivity index (χ2n) is 6.13. The van der Waals surface area contributed by atoms with E-state index in [9.17, 15) is 4.79 Å². The summed E-state index contributed by atoms with van der Waals surface area (Å²) in [4.78, 5) is 15.7. The molecule has 0 saturated heterocycles. The van der Waals surface area contributed by atoms with E-state index in [-0.39, 0.29) is 17.4 Å². The van der Waals surface area contributed by atoms with Crippen LogP contribution in [0.4, 0.5) is 5.69 Å². The molecule has 2 rings (SSSR count). The predicted octanol–water partition coefficient (Wildman–Crippen LogP) is 3.95. The molecule has 0 aromatic heterocycles. The van der Waals surface area contributed by atoms with Gasteiger partial charge in [0.05, 0.1) is 5.69 Å². The van der Waals surface area contributed by atoms with Crippen LogP contribution < -0.4 is 4.90 Å². The number of benzene rings is 1. The number of rotatable bonds is 1. The molecule has 0 spiro atoms. The lowest BCUT2D eigenvalue weighted by molar-refractivity contribution is -0.120. The normalized spacial score (nSPS) is 19.6. The Morgan fingerprint density at radius 3 is 2.72 bits per heavy atom. The van der Waals surface area contributed by atoms with Crippen LogP contribution in [0.3, 0.4) is 0 Å². The van der Waals surface area contributed by atoms with Crippen LogP contribution in [0.2, 0.25) is 0 Å². The van der Waals surface area contributed by atoms with E-state index in [4.69, 9.17) is 0 Å². The van der Waals surface area contributed by atoms with Crippen LogP contribution >= 0.6 is 11.8 Å². The first-order valence-electron chi connectivity index (χ1n) is 6.42. The van der Waals surface area contributed by atoms with Crippen LogP contribution in [0.5, 0.6) is 0 Å². The summed E-state index contributed by atoms with van der Waals surface area (Å²) < 4.78 is 0. The molecular weight excluding hydrogens is 242 g/mol. The predicted molar refractivity (Wildman–Crippen MR) is 78.2 cm³/mol. The van der Waals surface area contributed by atoms with Crippen LogP contribution in [-0.2, 0) is 4.79 Å². The zero-order valence-electron chi connectivity index (χ0n) is 11.6. The van der Waals surface area contributed by atoms with Crippen LogP contribution in [-0.4, -0.2) is 17.7 Å². The highest BCUT2D eigenvalue weighted by Gasteiger charge is 2.30. The lowest BCUT2D eigenvalue weighted by Gasteiger charge is -2.36. The molecule has 0 bridgehead atoms. The van der Waals surface area contributed by atoms with E-state index < -0.39 is 0 Å². The number of anilines is 1. The van der Waals surface area contributed by atoms with Gasteiger partial charge in [-0.05, 0) is 24.5 Å². The van der Waals surface area contributed by atoms with E-state index in [0.717, 1.165) is 11.4 Å². The number of hydrogen-bond donors (Lipinski definition) is 0. The molecule has 2 nitrogen and oxygen atoms in total. The maximum absolute atomic E-state index is 12.5. The minimum Gasteiger partial charge on any atom is -0.308 e. The third kappa shape index (κ3) is 2.89. The van der Waals surface area contributed by atoms with Crippen molar-refractivity contribution in [3.63, 3.8) is 0 Å². The summed E-state index contributed by atoms with van der Waals surface area (Å²) in [6, 6.07) is 8.48. The lowest BCUT2D eigenvalue weighted by atomic mass is 9.91. The third-order valence-corrected chi connectivity index (χ3v) is 4.30.